The lowest BCUT2D eigenvalue weighted by Gasteiger charge is -2.16. The van der Waals surface area contributed by atoms with Crippen molar-refractivity contribution in [3.63, 3.8) is 0 Å². The molecule has 0 aliphatic rings. The first-order chi connectivity index (χ1) is 11.4. The summed E-state index contributed by atoms with van der Waals surface area (Å²) in [6.07, 6.45) is 12.9. The van der Waals surface area contributed by atoms with E-state index in [4.69, 9.17) is 5.73 Å². The quantitative estimate of drug-likeness (QED) is 0.490. The van der Waals surface area contributed by atoms with E-state index in [1.165, 1.54) is 38.7 Å². The van der Waals surface area contributed by atoms with Crippen LogP contribution in [0.15, 0.2) is 36.5 Å². The third-order valence-corrected chi connectivity index (χ3v) is 2.87. The highest BCUT2D eigenvalue weighted by molar-refractivity contribution is 5.72. The van der Waals surface area contributed by atoms with Crippen LogP contribution in [0.1, 0.15) is 88.0 Å². The second kappa shape index (κ2) is 26.7. The van der Waals surface area contributed by atoms with Crippen molar-refractivity contribution >= 4 is 5.78 Å². The largest absolute Gasteiger partial charge is 0.324 e. The molecule has 0 bridgehead atoms. The van der Waals surface area contributed by atoms with E-state index in [0.717, 1.165) is 12.3 Å². The molecule has 0 rings (SSSR count). The van der Waals surface area contributed by atoms with Crippen LogP contribution in [-0.4, -0.2) is 11.8 Å². The third kappa shape index (κ3) is 32.7. The summed E-state index contributed by atoms with van der Waals surface area (Å²) in [6, 6.07) is 0.185. The Kier molecular flexibility index (Phi) is 34.2. The summed E-state index contributed by atoms with van der Waals surface area (Å²) in [5.74, 6) is 0.938. The Morgan fingerprint density at radius 1 is 1.08 bits per heavy atom. The summed E-state index contributed by atoms with van der Waals surface area (Å²) >= 11 is 0. The summed E-state index contributed by atoms with van der Waals surface area (Å²) in [5, 5.41) is 0. The molecule has 144 valence electrons. The van der Waals surface area contributed by atoms with Crippen molar-refractivity contribution in [3.05, 3.63) is 36.5 Å². The van der Waals surface area contributed by atoms with Gasteiger partial charge in [0.2, 0.25) is 0 Å². The highest BCUT2D eigenvalue weighted by Crippen LogP contribution is 2.17. The summed E-state index contributed by atoms with van der Waals surface area (Å²) < 4.78 is 0. The zero-order valence-corrected chi connectivity index (χ0v) is 18.0. The standard InChI is InChI=1S/C15H27N.C3H6O.2C2H6/c1-5-8-13(4)10-11-15(16)12-14(7-3)9-6-2;1-3(2)4;2*1-2/h5,8,10-11,14-15H,1,6-7,9,12,16H2,2-4H3;1-2H3;2*1-2H3/b11-10?,13-8-;;;. The van der Waals surface area contributed by atoms with Crippen LogP contribution in [0.5, 0.6) is 0 Å². The molecular weight excluding hydrogens is 294 g/mol. The average molecular weight is 340 g/mol. The molecule has 0 aromatic rings. The maximum atomic E-state index is 9.44. The van der Waals surface area contributed by atoms with Gasteiger partial charge < -0.3 is 10.5 Å². The number of nitrogens with two attached hydrogens (primary N) is 1. The Hall–Kier alpha value is -1.15. The molecule has 2 nitrogen and oxygen atoms in total. The van der Waals surface area contributed by atoms with Crippen LogP contribution < -0.4 is 5.73 Å². The van der Waals surface area contributed by atoms with E-state index in [9.17, 15) is 4.79 Å². The van der Waals surface area contributed by atoms with E-state index in [1.807, 2.05) is 33.8 Å². The van der Waals surface area contributed by atoms with Crippen LogP contribution in [0, 0.1) is 5.92 Å². The van der Waals surface area contributed by atoms with Gasteiger partial charge in [-0.25, -0.2) is 0 Å². The molecule has 2 heteroatoms. The molecule has 2 unspecified atom stereocenters. The van der Waals surface area contributed by atoms with Crippen LogP contribution >= 0.6 is 0 Å². The van der Waals surface area contributed by atoms with Gasteiger partial charge in [0.15, 0.2) is 0 Å². The van der Waals surface area contributed by atoms with Gasteiger partial charge in [-0.2, -0.15) is 0 Å². The Morgan fingerprint density at radius 2 is 1.54 bits per heavy atom. The summed E-state index contributed by atoms with van der Waals surface area (Å²) in [5.41, 5.74) is 7.29. The highest BCUT2D eigenvalue weighted by atomic mass is 16.1. The molecule has 0 aromatic carbocycles. The zero-order valence-electron chi connectivity index (χ0n) is 18.0. The number of carbonyl (C=O) groups excluding carboxylic acids is 1. The maximum absolute atomic E-state index is 9.44. The van der Waals surface area contributed by atoms with E-state index in [-0.39, 0.29) is 11.8 Å². The zero-order chi connectivity index (χ0) is 20.0. The SMILES string of the molecule is C=C/C=C(/C)C=CC(N)CC(CC)CCC.CC.CC.CC(C)=O. The maximum Gasteiger partial charge on any atom is 0.126 e. The molecule has 24 heavy (non-hydrogen) atoms. The van der Waals surface area contributed by atoms with Gasteiger partial charge in [0.1, 0.15) is 5.78 Å². The van der Waals surface area contributed by atoms with Crippen LogP contribution in [0.25, 0.3) is 0 Å². The summed E-state index contributed by atoms with van der Waals surface area (Å²) in [6.45, 7) is 21.3. The lowest BCUT2D eigenvalue weighted by atomic mass is 9.93. The normalized spacial score (nSPS) is 12.5. The number of hydrogen-bond donors (Lipinski definition) is 1. The highest BCUT2D eigenvalue weighted by Gasteiger charge is 2.08. The minimum Gasteiger partial charge on any atom is -0.324 e. The molecule has 0 saturated carbocycles. The first-order valence-corrected chi connectivity index (χ1v) is 9.57. The van der Waals surface area contributed by atoms with Gasteiger partial charge in [-0.15, -0.1) is 0 Å². The molecule has 0 radical (unpaired) electrons. The van der Waals surface area contributed by atoms with Gasteiger partial charge >= 0.3 is 0 Å². The van der Waals surface area contributed by atoms with Crippen molar-refractivity contribution in [2.75, 3.05) is 0 Å². The van der Waals surface area contributed by atoms with Gasteiger partial charge in [-0.3, -0.25) is 0 Å². The molecule has 2 N–H and O–H groups in total. The molecule has 0 heterocycles. The van der Waals surface area contributed by atoms with E-state index >= 15 is 0 Å². The second-order valence-corrected chi connectivity index (χ2v) is 5.38. The Balaban J connectivity index is -0.000000212. The van der Waals surface area contributed by atoms with Crippen molar-refractivity contribution < 1.29 is 4.79 Å². The van der Waals surface area contributed by atoms with Crippen LogP contribution in [0.4, 0.5) is 0 Å². The fourth-order valence-electron chi connectivity index (χ4n) is 1.88. The molecule has 0 saturated heterocycles. The van der Waals surface area contributed by atoms with E-state index in [0.29, 0.717) is 0 Å². The van der Waals surface area contributed by atoms with Crippen molar-refractivity contribution in [2.45, 2.75) is 94.0 Å². The number of hydrogen-bond acceptors (Lipinski definition) is 2. The molecule has 0 amide bonds. The minimum absolute atomic E-state index is 0.167. The first kappa shape index (κ1) is 30.7. The lowest BCUT2D eigenvalue weighted by molar-refractivity contribution is -0.114. The number of Topliss-reactive ketones (excluding diaryl/α,β-unsaturated/α-hetero) is 1. The number of rotatable bonds is 8. The van der Waals surface area contributed by atoms with Gasteiger partial charge in [-0.05, 0) is 33.1 Å². The van der Waals surface area contributed by atoms with Crippen LogP contribution in [-0.2, 0) is 4.79 Å². The van der Waals surface area contributed by atoms with Crippen molar-refractivity contribution in [1.29, 1.82) is 0 Å². The predicted molar refractivity (Wildman–Crippen MR) is 113 cm³/mol. The van der Waals surface area contributed by atoms with Crippen molar-refractivity contribution in [1.82, 2.24) is 0 Å². The monoisotopic (exact) mass is 339 g/mol. The van der Waals surface area contributed by atoms with Gasteiger partial charge in [0, 0.05) is 6.04 Å². The number of allylic oxidation sites excluding steroid dienone is 4. The predicted octanol–water partition coefficient (Wildman–Crippen LogP) is 6.87. The van der Waals surface area contributed by atoms with Crippen molar-refractivity contribution in [2.24, 2.45) is 11.7 Å². The summed E-state index contributed by atoms with van der Waals surface area (Å²) in [7, 11) is 0. The fraction of sp³-hybridized carbons (Fsp3) is 0.682. The lowest BCUT2D eigenvalue weighted by Crippen LogP contribution is -2.21. The smallest absolute Gasteiger partial charge is 0.126 e. The molecule has 0 aromatic heterocycles. The third-order valence-electron chi connectivity index (χ3n) is 2.87. The minimum atomic E-state index is 0.167. The molecule has 2 atom stereocenters. The fourth-order valence-corrected chi connectivity index (χ4v) is 1.88. The Morgan fingerprint density at radius 3 is 1.88 bits per heavy atom. The van der Waals surface area contributed by atoms with Crippen LogP contribution in [0.3, 0.4) is 0 Å². The molecule has 0 aliphatic carbocycles. The van der Waals surface area contributed by atoms with Gasteiger partial charge in [-0.1, -0.05) is 97.3 Å². The Labute approximate surface area is 153 Å². The first-order valence-electron chi connectivity index (χ1n) is 9.57. The van der Waals surface area contributed by atoms with Gasteiger partial charge in [0.25, 0.3) is 0 Å². The Bertz CT molecular complexity index is 312. The average Bonchev–Trinajstić information content (AvgIpc) is 2.56. The van der Waals surface area contributed by atoms with Crippen LogP contribution in [0.2, 0.25) is 0 Å². The molecular formula is C22H45NO. The van der Waals surface area contributed by atoms with Crippen molar-refractivity contribution in [3.8, 4) is 0 Å². The topological polar surface area (TPSA) is 43.1 Å². The molecule has 0 fully saturated rings. The van der Waals surface area contributed by atoms with E-state index < -0.39 is 0 Å². The molecule has 0 aliphatic heterocycles. The number of carbonyl (C=O) groups is 1. The summed E-state index contributed by atoms with van der Waals surface area (Å²) in [4.78, 5) is 9.44. The number of ketones is 1. The van der Waals surface area contributed by atoms with E-state index in [2.05, 4.69) is 39.5 Å². The molecule has 0 spiro atoms. The van der Waals surface area contributed by atoms with Gasteiger partial charge in [0.05, 0.1) is 0 Å². The second-order valence-electron chi connectivity index (χ2n) is 5.38. The van der Waals surface area contributed by atoms with E-state index in [1.54, 1.807) is 6.08 Å².